The van der Waals surface area contributed by atoms with E-state index in [1.165, 1.54) is 12.1 Å². The molecular weight excluding hydrogens is 681 g/mol. The summed E-state index contributed by atoms with van der Waals surface area (Å²) >= 11 is 12.9. The highest BCUT2D eigenvalue weighted by Gasteiger charge is 2.46. The fraction of sp³-hybridized carbons (Fsp3) is 0.351. The van der Waals surface area contributed by atoms with E-state index in [4.69, 9.17) is 33.7 Å². The number of rotatable bonds is 13. The fourth-order valence-corrected chi connectivity index (χ4v) is 6.85. The van der Waals surface area contributed by atoms with E-state index in [9.17, 15) is 24.3 Å². The van der Waals surface area contributed by atoms with Crippen molar-refractivity contribution in [1.82, 2.24) is 20.9 Å². The molecule has 5 rings (SSSR count). The summed E-state index contributed by atoms with van der Waals surface area (Å²) < 4.78 is 5.44. The highest BCUT2D eigenvalue weighted by atomic mass is 35.5. The maximum absolute atomic E-state index is 14.4. The van der Waals surface area contributed by atoms with Crippen LogP contribution in [-0.2, 0) is 45.0 Å². The minimum Gasteiger partial charge on any atom is -0.508 e. The third-order valence-electron chi connectivity index (χ3n) is 9.38. The van der Waals surface area contributed by atoms with E-state index in [1.54, 1.807) is 24.3 Å². The van der Waals surface area contributed by atoms with Crippen molar-refractivity contribution in [2.45, 2.75) is 76.6 Å². The minimum atomic E-state index is -1.54. The normalized spacial score (nSPS) is 17.2. The molecule has 1 aliphatic carbocycles. The highest BCUT2D eigenvalue weighted by Crippen LogP contribution is 2.38. The van der Waals surface area contributed by atoms with Gasteiger partial charge in [0.25, 0.3) is 0 Å². The number of alkyl carbamates (subject to hydrolysis) is 1. The number of H-pyrrole nitrogens is 1. The van der Waals surface area contributed by atoms with Gasteiger partial charge in [0.1, 0.15) is 30.0 Å². The van der Waals surface area contributed by atoms with Gasteiger partial charge in [0, 0.05) is 22.5 Å². The summed E-state index contributed by atoms with van der Waals surface area (Å²) in [6.07, 6.45) is 0.853. The van der Waals surface area contributed by atoms with Gasteiger partial charge in [-0.05, 0) is 72.6 Å². The molecule has 1 aliphatic rings. The number of phenolic OH excluding ortho intramolecular Hbond substituents is 1. The number of fused-ring (bicyclic) bond motifs is 3. The lowest BCUT2D eigenvalue weighted by atomic mass is 9.78. The van der Waals surface area contributed by atoms with Crippen LogP contribution in [0.5, 0.6) is 5.75 Å². The number of hydrogen-bond acceptors (Lipinski definition) is 6. The summed E-state index contributed by atoms with van der Waals surface area (Å²) in [5.41, 5.74) is 8.04. The highest BCUT2D eigenvalue weighted by molar-refractivity contribution is 6.38. The Bertz CT molecular complexity index is 1870. The number of benzene rings is 3. The van der Waals surface area contributed by atoms with Gasteiger partial charge in [-0.15, -0.1) is 0 Å². The molecule has 0 bridgehead atoms. The van der Waals surface area contributed by atoms with Gasteiger partial charge in [0.2, 0.25) is 17.7 Å². The minimum absolute atomic E-state index is 0.0100. The summed E-state index contributed by atoms with van der Waals surface area (Å²) in [5, 5.41) is 19.8. The van der Waals surface area contributed by atoms with Crippen LogP contribution in [-0.4, -0.2) is 51.5 Å². The molecule has 0 aliphatic heterocycles. The topological polar surface area (TPSA) is 176 Å². The molecule has 13 heteroatoms. The number of aromatic amines is 1. The molecule has 264 valence electrons. The van der Waals surface area contributed by atoms with Gasteiger partial charge in [-0.3, -0.25) is 14.4 Å². The molecule has 4 amide bonds. The summed E-state index contributed by atoms with van der Waals surface area (Å²) in [5.74, 6) is -2.05. The largest absolute Gasteiger partial charge is 0.508 e. The summed E-state index contributed by atoms with van der Waals surface area (Å²) in [6, 6.07) is 16.9. The van der Waals surface area contributed by atoms with E-state index >= 15 is 0 Å². The van der Waals surface area contributed by atoms with Crippen molar-refractivity contribution in [3.63, 3.8) is 0 Å². The van der Waals surface area contributed by atoms with Crippen LogP contribution in [0.1, 0.15) is 55.5 Å². The lowest BCUT2D eigenvalue weighted by molar-refractivity contribution is -0.137. The zero-order valence-corrected chi connectivity index (χ0v) is 29.4. The van der Waals surface area contributed by atoms with Gasteiger partial charge < -0.3 is 36.5 Å². The van der Waals surface area contributed by atoms with Gasteiger partial charge in [-0.25, -0.2) is 4.79 Å². The molecular formula is C37H41Cl2N5O6. The Morgan fingerprint density at radius 1 is 1.02 bits per heavy atom. The number of ether oxygens (including phenoxy) is 1. The summed E-state index contributed by atoms with van der Waals surface area (Å²) in [4.78, 5) is 57.6. The van der Waals surface area contributed by atoms with Crippen LogP contribution in [0, 0.1) is 5.92 Å². The number of nitrogens with one attached hydrogen (secondary N) is 4. The van der Waals surface area contributed by atoms with Crippen molar-refractivity contribution in [1.29, 1.82) is 0 Å². The van der Waals surface area contributed by atoms with Crippen molar-refractivity contribution >= 4 is 57.9 Å². The van der Waals surface area contributed by atoms with Crippen molar-refractivity contribution in [3.8, 4) is 5.75 Å². The van der Waals surface area contributed by atoms with Crippen molar-refractivity contribution in [2.24, 2.45) is 11.7 Å². The Hall–Kier alpha value is -4.74. The Labute approximate surface area is 300 Å². The molecule has 4 aromatic rings. The van der Waals surface area contributed by atoms with Crippen LogP contribution < -0.4 is 21.7 Å². The summed E-state index contributed by atoms with van der Waals surface area (Å²) in [6.45, 7) is 3.69. The zero-order valence-electron chi connectivity index (χ0n) is 27.9. The molecule has 0 radical (unpaired) electrons. The van der Waals surface area contributed by atoms with E-state index in [0.29, 0.717) is 40.2 Å². The van der Waals surface area contributed by atoms with Crippen LogP contribution in [0.3, 0.4) is 0 Å². The first kappa shape index (κ1) is 36.5. The fourth-order valence-electron chi connectivity index (χ4n) is 6.31. The van der Waals surface area contributed by atoms with Crippen molar-refractivity contribution in [2.75, 3.05) is 0 Å². The SMILES string of the molecule is CCC(C)C(NC(=O)C1(NC(=O)C(CCc2ccc(O)cc2)NC(=O)OCc2ccccc2)CCc2[nH]c3c(Cl)cc(Cl)cc3c2C1)C(N)=O. The van der Waals surface area contributed by atoms with Crippen molar-refractivity contribution in [3.05, 3.63) is 99.2 Å². The molecule has 0 saturated heterocycles. The molecule has 0 spiro atoms. The standard InChI is InChI=1S/C37H41Cl2N5O6/c1-3-21(2)31(33(40)46)43-35(48)37(16-15-29-27(19-37)26-17-24(38)18-28(39)32(26)41-29)44-34(47)30(14-11-22-9-12-25(45)13-10-22)42-36(49)50-20-23-7-5-4-6-8-23/h4-10,12-13,17-18,21,30-31,41,45H,3,11,14-16,19-20H2,1-2H3,(H2,40,46)(H,42,49)(H,43,48)(H,44,47). The second-order valence-corrected chi connectivity index (χ2v) is 13.7. The Balaban J connectivity index is 1.46. The predicted octanol–water partition coefficient (Wildman–Crippen LogP) is 5.47. The van der Waals surface area contributed by atoms with Crippen molar-refractivity contribution < 1.29 is 29.0 Å². The number of carbonyl (C=O) groups excluding carboxylic acids is 4. The van der Waals surface area contributed by atoms with Gasteiger partial charge in [0.15, 0.2) is 0 Å². The van der Waals surface area contributed by atoms with Crippen LogP contribution in [0.2, 0.25) is 10.0 Å². The number of aromatic hydroxyl groups is 1. The van der Waals surface area contributed by atoms with Gasteiger partial charge >= 0.3 is 6.09 Å². The van der Waals surface area contributed by atoms with E-state index in [0.717, 1.165) is 22.4 Å². The lowest BCUT2D eigenvalue weighted by Crippen LogP contribution is -2.66. The van der Waals surface area contributed by atoms with E-state index < -0.39 is 41.4 Å². The summed E-state index contributed by atoms with van der Waals surface area (Å²) in [7, 11) is 0. The van der Waals surface area contributed by atoms with Crippen LogP contribution in [0.25, 0.3) is 10.9 Å². The number of aryl methyl sites for hydroxylation is 2. The quantitative estimate of drug-likeness (QED) is 0.107. The number of phenols is 1. The third-order valence-corrected chi connectivity index (χ3v) is 9.90. The Kier molecular flexibility index (Phi) is 11.6. The second-order valence-electron chi connectivity index (χ2n) is 12.8. The van der Waals surface area contributed by atoms with E-state index in [2.05, 4.69) is 20.9 Å². The zero-order chi connectivity index (χ0) is 36.0. The molecule has 0 fully saturated rings. The average Bonchev–Trinajstić information content (AvgIpc) is 3.46. The average molecular weight is 723 g/mol. The number of halogens is 2. The second kappa shape index (κ2) is 15.9. The maximum Gasteiger partial charge on any atom is 0.408 e. The number of carbonyl (C=O) groups is 4. The number of nitrogens with two attached hydrogens (primary N) is 1. The molecule has 50 heavy (non-hydrogen) atoms. The van der Waals surface area contributed by atoms with Gasteiger partial charge in [-0.2, -0.15) is 0 Å². The Morgan fingerprint density at radius 2 is 1.74 bits per heavy atom. The Morgan fingerprint density at radius 3 is 2.42 bits per heavy atom. The van der Waals surface area contributed by atoms with E-state index in [-0.39, 0.29) is 37.5 Å². The predicted molar refractivity (Wildman–Crippen MR) is 192 cm³/mol. The van der Waals surface area contributed by atoms with Gasteiger partial charge in [0.05, 0.1) is 10.5 Å². The van der Waals surface area contributed by atoms with Crippen LogP contribution in [0.15, 0.2) is 66.7 Å². The molecule has 7 N–H and O–H groups in total. The van der Waals surface area contributed by atoms with Crippen LogP contribution in [0.4, 0.5) is 4.79 Å². The number of hydrogen-bond donors (Lipinski definition) is 6. The van der Waals surface area contributed by atoms with Crippen LogP contribution >= 0.6 is 23.2 Å². The smallest absolute Gasteiger partial charge is 0.408 e. The first-order chi connectivity index (χ1) is 23.9. The molecule has 1 aromatic heterocycles. The molecule has 0 saturated carbocycles. The van der Waals surface area contributed by atoms with E-state index in [1.807, 2.05) is 44.2 Å². The number of amides is 4. The number of primary amides is 1. The molecule has 3 aromatic carbocycles. The lowest BCUT2D eigenvalue weighted by Gasteiger charge is -2.39. The first-order valence-corrected chi connectivity index (χ1v) is 17.3. The first-order valence-electron chi connectivity index (χ1n) is 16.5. The monoisotopic (exact) mass is 721 g/mol. The molecule has 1 heterocycles. The molecule has 4 unspecified atom stereocenters. The third kappa shape index (κ3) is 8.51. The number of aromatic nitrogens is 1. The van der Waals surface area contributed by atoms with Gasteiger partial charge in [-0.1, -0.05) is 85.9 Å². The maximum atomic E-state index is 14.4. The molecule has 11 nitrogen and oxygen atoms in total. The molecule has 4 atom stereocenters.